The molecule has 0 saturated heterocycles. The third-order valence-corrected chi connectivity index (χ3v) is 4.18. The molecule has 0 atom stereocenters. The fourth-order valence-corrected chi connectivity index (χ4v) is 2.86. The first-order chi connectivity index (χ1) is 9.48. The van der Waals surface area contributed by atoms with Crippen molar-refractivity contribution in [2.75, 3.05) is 6.54 Å². The molecular weight excluding hydrogens is 317 g/mol. The zero-order valence-electron chi connectivity index (χ0n) is 12.1. The summed E-state index contributed by atoms with van der Waals surface area (Å²) in [5, 5.41) is 0. The summed E-state index contributed by atoms with van der Waals surface area (Å²) in [5.74, 6) is -1.34. The van der Waals surface area contributed by atoms with E-state index in [1.54, 1.807) is 20.8 Å². The van der Waals surface area contributed by atoms with Crippen LogP contribution in [0.2, 0.25) is 0 Å². The van der Waals surface area contributed by atoms with Gasteiger partial charge in [0, 0.05) is 22.8 Å². The molecule has 0 unspecified atom stereocenters. The van der Waals surface area contributed by atoms with Gasteiger partial charge in [-0.15, -0.1) is 6.58 Å². The van der Waals surface area contributed by atoms with E-state index >= 15 is 0 Å². The molecule has 0 aliphatic rings. The van der Waals surface area contributed by atoms with E-state index in [1.165, 1.54) is 11.0 Å². The Morgan fingerprint density at radius 1 is 1.43 bits per heavy atom. The molecule has 0 aliphatic carbocycles. The number of halogens is 2. The van der Waals surface area contributed by atoms with Crippen molar-refractivity contribution < 1.29 is 17.6 Å². The summed E-state index contributed by atoms with van der Waals surface area (Å²) in [6.07, 6.45) is 1.51. The van der Waals surface area contributed by atoms with Crippen molar-refractivity contribution in [3.63, 3.8) is 0 Å². The van der Waals surface area contributed by atoms with Gasteiger partial charge in [-0.3, -0.25) is 4.79 Å². The lowest BCUT2D eigenvalue weighted by molar-refractivity contribution is 0.0612. The molecule has 0 aromatic heterocycles. The first kappa shape index (κ1) is 17.7. The highest BCUT2D eigenvalue weighted by Crippen LogP contribution is 2.25. The zero-order chi connectivity index (χ0) is 16.4. The molecule has 0 saturated carbocycles. The number of nitrogens with zero attached hydrogens (tertiary/aromatic N) is 1. The van der Waals surface area contributed by atoms with Crippen LogP contribution in [-0.2, 0) is 9.05 Å². The van der Waals surface area contributed by atoms with E-state index in [2.05, 4.69) is 6.58 Å². The van der Waals surface area contributed by atoms with E-state index in [-0.39, 0.29) is 12.1 Å². The Morgan fingerprint density at radius 2 is 2.00 bits per heavy atom. The van der Waals surface area contributed by atoms with E-state index in [0.717, 1.165) is 18.2 Å². The average molecular weight is 334 g/mol. The maximum absolute atomic E-state index is 13.4. The minimum atomic E-state index is -4.16. The maximum Gasteiger partial charge on any atom is 0.262 e. The molecule has 1 rings (SSSR count). The monoisotopic (exact) mass is 333 g/mol. The van der Waals surface area contributed by atoms with Gasteiger partial charge in [0.15, 0.2) is 0 Å². The summed E-state index contributed by atoms with van der Waals surface area (Å²) in [4.78, 5) is 13.6. The number of benzene rings is 1. The van der Waals surface area contributed by atoms with E-state index < -0.39 is 31.2 Å². The second-order valence-electron chi connectivity index (χ2n) is 5.45. The Kier molecular flexibility index (Phi) is 5.17. The quantitative estimate of drug-likeness (QED) is 0.628. The Morgan fingerprint density at radius 3 is 2.43 bits per heavy atom. The van der Waals surface area contributed by atoms with E-state index in [4.69, 9.17) is 10.7 Å². The highest BCUT2D eigenvalue weighted by atomic mass is 35.7. The van der Waals surface area contributed by atoms with Crippen LogP contribution in [0, 0.1) is 5.82 Å². The summed E-state index contributed by atoms with van der Waals surface area (Å²) in [6.45, 7) is 9.10. The van der Waals surface area contributed by atoms with Gasteiger partial charge in [0.05, 0.1) is 10.5 Å². The summed E-state index contributed by atoms with van der Waals surface area (Å²) in [7, 11) is 1.16. The van der Waals surface area contributed by atoms with E-state index in [1.807, 2.05) is 0 Å². The molecule has 1 aromatic rings. The van der Waals surface area contributed by atoms with Gasteiger partial charge < -0.3 is 4.90 Å². The predicted molar refractivity (Wildman–Crippen MR) is 80.4 cm³/mol. The molecule has 116 valence electrons. The van der Waals surface area contributed by atoms with Crippen LogP contribution in [-0.4, -0.2) is 31.3 Å². The fourth-order valence-electron chi connectivity index (χ4n) is 1.82. The Bertz CT molecular complexity index is 665. The fraction of sp³-hybridized carbons (Fsp3) is 0.357. The predicted octanol–water partition coefficient (Wildman–Crippen LogP) is 3.18. The average Bonchev–Trinajstić information content (AvgIpc) is 2.32. The SMILES string of the molecule is C=CCN(C(=O)c1cc(F)ccc1S(=O)(=O)Cl)C(C)(C)C. The van der Waals surface area contributed by atoms with Crippen molar-refractivity contribution in [2.45, 2.75) is 31.2 Å². The van der Waals surface area contributed by atoms with Crippen LogP contribution < -0.4 is 0 Å². The molecule has 21 heavy (non-hydrogen) atoms. The third kappa shape index (κ3) is 4.28. The lowest BCUT2D eigenvalue weighted by atomic mass is 10.0. The van der Waals surface area contributed by atoms with Gasteiger partial charge in [0.1, 0.15) is 5.82 Å². The number of rotatable bonds is 4. The maximum atomic E-state index is 13.4. The highest BCUT2D eigenvalue weighted by molar-refractivity contribution is 8.13. The van der Waals surface area contributed by atoms with Crippen LogP contribution in [0.3, 0.4) is 0 Å². The number of amides is 1. The van der Waals surface area contributed by atoms with Crippen LogP contribution in [0.1, 0.15) is 31.1 Å². The molecule has 0 aliphatic heterocycles. The minimum Gasteiger partial charge on any atom is -0.330 e. The minimum absolute atomic E-state index is 0.195. The van der Waals surface area contributed by atoms with Crippen LogP contribution in [0.25, 0.3) is 0 Å². The number of carbonyl (C=O) groups is 1. The summed E-state index contributed by atoms with van der Waals surface area (Å²) in [6, 6.07) is 2.81. The van der Waals surface area contributed by atoms with Crippen LogP contribution in [0.4, 0.5) is 4.39 Å². The van der Waals surface area contributed by atoms with Crippen molar-refractivity contribution in [1.82, 2.24) is 4.90 Å². The standard InChI is InChI=1S/C14H17ClFNO3S/c1-5-8-17(14(2,3)4)13(18)11-9-10(16)6-7-12(11)21(15,19)20/h5-7,9H,1,8H2,2-4H3. The lowest BCUT2D eigenvalue weighted by Crippen LogP contribution is -2.46. The lowest BCUT2D eigenvalue weighted by Gasteiger charge is -2.35. The Labute approximate surface area is 128 Å². The van der Waals surface area contributed by atoms with Gasteiger partial charge >= 0.3 is 0 Å². The highest BCUT2D eigenvalue weighted by Gasteiger charge is 2.30. The molecule has 0 heterocycles. The molecule has 7 heteroatoms. The molecule has 0 spiro atoms. The van der Waals surface area contributed by atoms with Gasteiger partial charge in [-0.1, -0.05) is 6.08 Å². The van der Waals surface area contributed by atoms with Crippen LogP contribution >= 0.6 is 10.7 Å². The Balaban J connectivity index is 3.47. The van der Waals surface area contributed by atoms with Gasteiger partial charge in [-0.25, -0.2) is 12.8 Å². The zero-order valence-corrected chi connectivity index (χ0v) is 13.6. The van der Waals surface area contributed by atoms with Crippen LogP contribution in [0.5, 0.6) is 0 Å². The molecule has 0 fully saturated rings. The first-order valence-electron chi connectivity index (χ1n) is 6.15. The normalized spacial score (nSPS) is 12.0. The van der Waals surface area contributed by atoms with Gasteiger partial charge in [0.2, 0.25) is 0 Å². The van der Waals surface area contributed by atoms with Crippen molar-refractivity contribution in [3.8, 4) is 0 Å². The summed E-state index contributed by atoms with van der Waals surface area (Å²) in [5.41, 5.74) is -0.882. The first-order valence-corrected chi connectivity index (χ1v) is 8.46. The number of hydrogen-bond donors (Lipinski definition) is 0. The molecule has 4 nitrogen and oxygen atoms in total. The van der Waals surface area contributed by atoms with E-state index in [9.17, 15) is 17.6 Å². The summed E-state index contributed by atoms with van der Waals surface area (Å²) < 4.78 is 36.5. The largest absolute Gasteiger partial charge is 0.330 e. The van der Waals surface area contributed by atoms with Gasteiger partial charge in [0.25, 0.3) is 15.0 Å². The molecule has 1 amide bonds. The molecule has 0 bridgehead atoms. The van der Waals surface area contributed by atoms with E-state index in [0.29, 0.717) is 0 Å². The molecule has 0 radical (unpaired) electrons. The molecular formula is C14H17ClFNO3S. The Hall–Kier alpha value is -1.40. The van der Waals surface area contributed by atoms with Crippen molar-refractivity contribution in [1.29, 1.82) is 0 Å². The number of carbonyl (C=O) groups excluding carboxylic acids is 1. The van der Waals surface area contributed by atoms with Gasteiger partial charge in [-0.05, 0) is 39.0 Å². The van der Waals surface area contributed by atoms with Crippen molar-refractivity contribution >= 4 is 25.6 Å². The van der Waals surface area contributed by atoms with Crippen molar-refractivity contribution in [3.05, 3.63) is 42.2 Å². The third-order valence-electron chi connectivity index (χ3n) is 2.80. The van der Waals surface area contributed by atoms with Crippen molar-refractivity contribution in [2.24, 2.45) is 0 Å². The number of hydrogen-bond acceptors (Lipinski definition) is 3. The summed E-state index contributed by atoms with van der Waals surface area (Å²) >= 11 is 0. The second kappa shape index (κ2) is 6.15. The smallest absolute Gasteiger partial charge is 0.262 e. The van der Waals surface area contributed by atoms with Crippen LogP contribution in [0.15, 0.2) is 35.7 Å². The topological polar surface area (TPSA) is 54.5 Å². The molecule has 0 N–H and O–H groups in total. The second-order valence-corrected chi connectivity index (χ2v) is 7.99. The van der Waals surface area contributed by atoms with Gasteiger partial charge in [-0.2, -0.15) is 0 Å². The molecule has 1 aromatic carbocycles.